The molecule has 0 aliphatic rings. The van der Waals surface area contributed by atoms with Crippen LogP contribution in [0.5, 0.6) is 5.75 Å². The van der Waals surface area contributed by atoms with Crippen molar-refractivity contribution < 1.29 is 9.15 Å². The molecule has 3 nitrogen and oxygen atoms in total. The van der Waals surface area contributed by atoms with Gasteiger partial charge in [-0.15, -0.1) is 0 Å². The van der Waals surface area contributed by atoms with Crippen LogP contribution in [0, 0.1) is 13.8 Å². The van der Waals surface area contributed by atoms with Crippen LogP contribution in [0.3, 0.4) is 0 Å². The standard InChI is InChI=1S/C29H30O3/c1-19-24-15-16-26(31-18-22-11-13-23(14-12-22)29(3,4)5)20(2)27(24)32-28(30)25(19)17-21-9-7-6-8-10-21/h6-16H,17-18H2,1-5H3. The van der Waals surface area contributed by atoms with Crippen molar-refractivity contribution in [1.29, 1.82) is 0 Å². The summed E-state index contributed by atoms with van der Waals surface area (Å²) < 4.78 is 11.9. The molecule has 0 bridgehead atoms. The van der Waals surface area contributed by atoms with E-state index in [-0.39, 0.29) is 11.0 Å². The van der Waals surface area contributed by atoms with Gasteiger partial charge in [0.05, 0.1) is 0 Å². The number of hydrogen-bond acceptors (Lipinski definition) is 3. The van der Waals surface area contributed by atoms with Crippen LogP contribution >= 0.6 is 0 Å². The minimum atomic E-state index is -0.281. The predicted octanol–water partition coefficient (Wildman–Crippen LogP) is 6.88. The lowest BCUT2D eigenvalue weighted by molar-refractivity contribution is 0.304. The number of benzene rings is 3. The molecule has 0 unspecified atom stereocenters. The highest BCUT2D eigenvalue weighted by Gasteiger charge is 2.16. The lowest BCUT2D eigenvalue weighted by atomic mass is 9.87. The van der Waals surface area contributed by atoms with Gasteiger partial charge < -0.3 is 9.15 Å². The molecule has 1 heterocycles. The maximum atomic E-state index is 12.8. The van der Waals surface area contributed by atoms with E-state index in [2.05, 4.69) is 45.0 Å². The first-order valence-electron chi connectivity index (χ1n) is 11.1. The Labute approximate surface area is 189 Å². The molecular weight excluding hydrogens is 396 g/mol. The first-order valence-corrected chi connectivity index (χ1v) is 11.1. The minimum absolute atomic E-state index is 0.128. The van der Waals surface area contributed by atoms with Gasteiger partial charge in [-0.3, -0.25) is 0 Å². The Morgan fingerprint density at radius 2 is 1.50 bits per heavy atom. The van der Waals surface area contributed by atoms with Gasteiger partial charge in [-0.1, -0.05) is 75.4 Å². The van der Waals surface area contributed by atoms with Crippen molar-refractivity contribution in [2.45, 2.75) is 53.1 Å². The number of rotatable bonds is 5. The summed E-state index contributed by atoms with van der Waals surface area (Å²) in [5.74, 6) is 0.732. The minimum Gasteiger partial charge on any atom is -0.488 e. The second kappa shape index (κ2) is 8.66. The third kappa shape index (κ3) is 4.47. The average Bonchev–Trinajstić information content (AvgIpc) is 2.77. The van der Waals surface area contributed by atoms with Crippen LogP contribution in [-0.2, 0) is 18.4 Å². The molecule has 0 atom stereocenters. The highest BCUT2D eigenvalue weighted by atomic mass is 16.5. The third-order valence-electron chi connectivity index (χ3n) is 6.09. The summed E-state index contributed by atoms with van der Waals surface area (Å²) in [4.78, 5) is 12.8. The van der Waals surface area contributed by atoms with E-state index in [0.717, 1.165) is 33.4 Å². The SMILES string of the molecule is Cc1c(Cc2ccccc2)c(=O)oc2c(C)c(OCc3ccc(C(C)(C)C)cc3)ccc12. The molecule has 4 rings (SSSR count). The molecule has 0 fully saturated rings. The van der Waals surface area contributed by atoms with E-state index in [0.29, 0.717) is 24.2 Å². The Balaban J connectivity index is 1.60. The van der Waals surface area contributed by atoms with Gasteiger partial charge in [0.1, 0.15) is 17.9 Å². The zero-order valence-corrected chi connectivity index (χ0v) is 19.5. The molecule has 3 aromatic carbocycles. The van der Waals surface area contributed by atoms with Crippen LogP contribution in [0.4, 0.5) is 0 Å². The van der Waals surface area contributed by atoms with Crippen LogP contribution in [-0.4, -0.2) is 0 Å². The van der Waals surface area contributed by atoms with Crippen molar-refractivity contribution >= 4 is 11.0 Å². The first-order chi connectivity index (χ1) is 15.2. The molecule has 0 spiro atoms. The van der Waals surface area contributed by atoms with Gasteiger partial charge in [0.15, 0.2) is 0 Å². The molecule has 32 heavy (non-hydrogen) atoms. The van der Waals surface area contributed by atoms with Crippen LogP contribution in [0.15, 0.2) is 75.9 Å². The quantitative estimate of drug-likeness (QED) is 0.327. The largest absolute Gasteiger partial charge is 0.488 e. The molecular formula is C29H30O3. The second-order valence-electron chi connectivity index (χ2n) is 9.46. The summed E-state index contributed by atoms with van der Waals surface area (Å²) in [6.07, 6.45) is 0.562. The molecule has 0 saturated heterocycles. The highest BCUT2D eigenvalue weighted by molar-refractivity contribution is 5.85. The van der Waals surface area contributed by atoms with Gasteiger partial charge in [0, 0.05) is 22.9 Å². The smallest absolute Gasteiger partial charge is 0.340 e. The van der Waals surface area contributed by atoms with E-state index in [9.17, 15) is 4.79 Å². The van der Waals surface area contributed by atoms with Crippen molar-refractivity contribution in [2.75, 3.05) is 0 Å². The predicted molar refractivity (Wildman–Crippen MR) is 131 cm³/mol. The molecule has 0 amide bonds. The number of aryl methyl sites for hydroxylation is 2. The van der Waals surface area contributed by atoms with Gasteiger partial charge in [-0.2, -0.15) is 0 Å². The van der Waals surface area contributed by atoms with Crippen molar-refractivity contribution in [3.05, 3.63) is 111 Å². The Bertz CT molecular complexity index is 1290. The average molecular weight is 427 g/mol. The van der Waals surface area contributed by atoms with Crippen molar-refractivity contribution in [1.82, 2.24) is 0 Å². The summed E-state index contributed by atoms with van der Waals surface area (Å²) >= 11 is 0. The molecule has 0 N–H and O–H groups in total. The van der Waals surface area contributed by atoms with Crippen LogP contribution < -0.4 is 10.4 Å². The molecule has 4 aromatic rings. The normalized spacial score (nSPS) is 11.7. The molecule has 0 radical (unpaired) electrons. The lowest BCUT2D eigenvalue weighted by Crippen LogP contribution is -2.11. The monoisotopic (exact) mass is 426 g/mol. The first kappa shape index (κ1) is 21.9. The van der Waals surface area contributed by atoms with Gasteiger partial charge in [-0.05, 0) is 53.6 Å². The summed E-state index contributed by atoms with van der Waals surface area (Å²) in [7, 11) is 0. The Morgan fingerprint density at radius 1 is 0.812 bits per heavy atom. The lowest BCUT2D eigenvalue weighted by Gasteiger charge is -2.19. The van der Waals surface area contributed by atoms with E-state index in [1.807, 2.05) is 56.3 Å². The fraction of sp³-hybridized carbons (Fsp3) is 0.276. The van der Waals surface area contributed by atoms with E-state index < -0.39 is 0 Å². The van der Waals surface area contributed by atoms with Gasteiger partial charge >= 0.3 is 5.63 Å². The fourth-order valence-electron chi connectivity index (χ4n) is 3.99. The topological polar surface area (TPSA) is 39.4 Å². The maximum Gasteiger partial charge on any atom is 0.340 e. The van der Waals surface area contributed by atoms with Crippen molar-refractivity contribution in [2.24, 2.45) is 0 Å². The summed E-state index contributed by atoms with van der Waals surface area (Å²) in [6.45, 7) is 11.0. The Morgan fingerprint density at radius 3 is 2.16 bits per heavy atom. The number of fused-ring (bicyclic) bond motifs is 1. The van der Waals surface area contributed by atoms with Crippen LogP contribution in [0.2, 0.25) is 0 Å². The van der Waals surface area contributed by atoms with Gasteiger partial charge in [-0.25, -0.2) is 4.79 Å². The third-order valence-corrected chi connectivity index (χ3v) is 6.09. The Kier molecular flexibility index (Phi) is 5.92. The molecule has 164 valence electrons. The van der Waals surface area contributed by atoms with Crippen molar-refractivity contribution in [3.63, 3.8) is 0 Å². The summed E-state index contributed by atoms with van der Waals surface area (Å²) in [6, 6.07) is 22.5. The summed E-state index contributed by atoms with van der Waals surface area (Å²) in [5, 5.41) is 0.954. The fourth-order valence-corrected chi connectivity index (χ4v) is 3.99. The zero-order chi connectivity index (χ0) is 22.9. The molecule has 0 aliphatic heterocycles. The van der Waals surface area contributed by atoms with Crippen LogP contribution in [0.1, 0.15) is 54.2 Å². The molecule has 1 aromatic heterocycles. The van der Waals surface area contributed by atoms with Crippen LogP contribution in [0.25, 0.3) is 11.0 Å². The van der Waals surface area contributed by atoms with E-state index in [1.54, 1.807) is 0 Å². The van der Waals surface area contributed by atoms with Gasteiger partial charge in [0.25, 0.3) is 0 Å². The summed E-state index contributed by atoms with van der Waals surface area (Å²) in [5.41, 5.74) is 6.46. The molecule has 0 saturated carbocycles. The van der Waals surface area contributed by atoms with E-state index in [1.165, 1.54) is 5.56 Å². The molecule has 3 heteroatoms. The maximum absolute atomic E-state index is 12.8. The van der Waals surface area contributed by atoms with Crippen molar-refractivity contribution in [3.8, 4) is 5.75 Å². The Hall–Kier alpha value is -3.33. The van der Waals surface area contributed by atoms with E-state index in [4.69, 9.17) is 9.15 Å². The van der Waals surface area contributed by atoms with E-state index >= 15 is 0 Å². The highest BCUT2D eigenvalue weighted by Crippen LogP contribution is 2.30. The molecule has 0 aliphatic carbocycles. The second-order valence-corrected chi connectivity index (χ2v) is 9.46. The van der Waals surface area contributed by atoms with Gasteiger partial charge in [0.2, 0.25) is 0 Å². The number of ether oxygens (including phenoxy) is 1. The zero-order valence-electron chi connectivity index (χ0n) is 19.5. The number of hydrogen-bond donors (Lipinski definition) is 0.